The maximum absolute atomic E-state index is 12.6. The van der Waals surface area contributed by atoms with Crippen molar-refractivity contribution < 1.29 is 18.7 Å². The number of furan rings is 1. The number of fused-ring (bicyclic) bond motifs is 1. The number of amides is 3. The molecular weight excluding hydrogens is 420 g/mol. The Hall–Kier alpha value is -3.55. The summed E-state index contributed by atoms with van der Waals surface area (Å²) in [5, 5.41) is 6.90. The number of hydrogen-bond donors (Lipinski definition) is 2. The Morgan fingerprint density at radius 1 is 1.18 bits per heavy atom. The molecule has 1 unspecified atom stereocenters. The molecule has 3 amide bonds. The molecule has 3 heterocycles. The third kappa shape index (κ3) is 4.51. The molecule has 2 fully saturated rings. The predicted octanol–water partition coefficient (Wildman–Crippen LogP) is 3.58. The average Bonchev–Trinajstić information content (AvgIpc) is 3.32. The van der Waals surface area contributed by atoms with Crippen molar-refractivity contribution in [2.75, 3.05) is 26.7 Å². The summed E-state index contributed by atoms with van der Waals surface area (Å²) in [4.78, 5) is 31.0. The molecule has 1 aliphatic heterocycles. The highest BCUT2D eigenvalue weighted by molar-refractivity contribution is 5.95. The first kappa shape index (κ1) is 21.3. The average molecular weight is 449 g/mol. The fourth-order valence-corrected chi connectivity index (χ4v) is 4.82. The van der Waals surface area contributed by atoms with Crippen molar-refractivity contribution in [2.45, 2.75) is 25.8 Å². The molecule has 1 spiro atoms. The van der Waals surface area contributed by atoms with E-state index in [0.717, 1.165) is 49.1 Å². The summed E-state index contributed by atoms with van der Waals surface area (Å²) in [7, 11) is 1.64. The Bertz CT molecular complexity index is 1120. The molecule has 3 aromatic rings. The molecule has 2 aromatic heterocycles. The van der Waals surface area contributed by atoms with E-state index >= 15 is 0 Å². The zero-order chi connectivity index (χ0) is 22.8. The Morgan fingerprint density at radius 2 is 1.97 bits per heavy atom. The van der Waals surface area contributed by atoms with Crippen molar-refractivity contribution in [2.24, 2.45) is 11.3 Å². The van der Waals surface area contributed by atoms with Crippen LogP contribution >= 0.6 is 0 Å². The smallest absolute Gasteiger partial charge is 0.317 e. The predicted molar refractivity (Wildman–Crippen MR) is 123 cm³/mol. The molecule has 0 radical (unpaired) electrons. The van der Waals surface area contributed by atoms with E-state index in [9.17, 15) is 9.59 Å². The van der Waals surface area contributed by atoms with Gasteiger partial charge in [-0.15, -0.1) is 0 Å². The zero-order valence-corrected chi connectivity index (χ0v) is 18.7. The highest BCUT2D eigenvalue weighted by atomic mass is 16.5. The molecule has 172 valence electrons. The SMILES string of the molecule is COc1ccc(CNC(=O)N2CCC3(CC2)CC3CNC(=O)c2cc3ccncc3o2)cc1. The molecule has 33 heavy (non-hydrogen) atoms. The second-order valence-corrected chi connectivity index (χ2v) is 8.99. The van der Waals surface area contributed by atoms with Crippen LogP contribution in [0, 0.1) is 11.3 Å². The van der Waals surface area contributed by atoms with E-state index in [-0.39, 0.29) is 17.4 Å². The molecule has 8 heteroatoms. The van der Waals surface area contributed by atoms with E-state index in [1.165, 1.54) is 0 Å². The Balaban J connectivity index is 1.06. The van der Waals surface area contributed by atoms with E-state index in [4.69, 9.17) is 9.15 Å². The maximum atomic E-state index is 12.6. The first-order chi connectivity index (χ1) is 16.1. The van der Waals surface area contributed by atoms with Crippen LogP contribution in [0.1, 0.15) is 35.4 Å². The molecule has 2 aliphatic rings. The van der Waals surface area contributed by atoms with Gasteiger partial charge in [-0.3, -0.25) is 9.78 Å². The Kier molecular flexibility index (Phi) is 5.66. The molecule has 1 aromatic carbocycles. The van der Waals surface area contributed by atoms with Crippen molar-refractivity contribution in [1.29, 1.82) is 0 Å². The van der Waals surface area contributed by atoms with Crippen molar-refractivity contribution in [3.8, 4) is 5.75 Å². The summed E-state index contributed by atoms with van der Waals surface area (Å²) >= 11 is 0. The molecule has 8 nitrogen and oxygen atoms in total. The van der Waals surface area contributed by atoms with Gasteiger partial charge in [0, 0.05) is 37.8 Å². The topological polar surface area (TPSA) is 96.7 Å². The minimum atomic E-state index is -0.191. The number of hydrogen-bond acceptors (Lipinski definition) is 5. The Morgan fingerprint density at radius 3 is 2.70 bits per heavy atom. The monoisotopic (exact) mass is 448 g/mol. The first-order valence-electron chi connectivity index (χ1n) is 11.3. The van der Waals surface area contributed by atoms with Gasteiger partial charge in [-0.2, -0.15) is 0 Å². The minimum absolute atomic E-state index is 0.0226. The standard InChI is InChI=1S/C25H28N4O4/c1-32-20-4-2-17(3-5-20)14-28-24(31)29-10-7-25(8-11-29)13-19(25)15-27-23(30)21-12-18-6-9-26-16-22(18)33-21/h2-6,9,12,16,19H,7-8,10-11,13-15H2,1H3,(H,27,30)(H,28,31). The molecule has 0 bridgehead atoms. The molecule has 1 saturated carbocycles. The van der Waals surface area contributed by atoms with E-state index in [1.807, 2.05) is 35.2 Å². The minimum Gasteiger partial charge on any atom is -0.497 e. The second kappa shape index (κ2) is 8.77. The van der Waals surface area contributed by atoms with Gasteiger partial charge in [-0.05, 0) is 60.4 Å². The quantitative estimate of drug-likeness (QED) is 0.601. The highest BCUT2D eigenvalue weighted by Gasteiger charge is 2.54. The number of rotatable bonds is 6. The van der Waals surface area contributed by atoms with E-state index in [0.29, 0.717) is 30.4 Å². The van der Waals surface area contributed by atoms with Gasteiger partial charge in [-0.25, -0.2) is 4.79 Å². The molecule has 2 N–H and O–H groups in total. The van der Waals surface area contributed by atoms with Crippen molar-refractivity contribution >= 4 is 22.9 Å². The summed E-state index contributed by atoms with van der Waals surface area (Å²) in [6, 6.07) is 11.2. The number of nitrogens with one attached hydrogen (secondary N) is 2. The lowest BCUT2D eigenvalue weighted by atomic mass is 9.91. The largest absolute Gasteiger partial charge is 0.497 e. The van der Waals surface area contributed by atoms with Crippen LogP contribution in [0.15, 0.2) is 53.2 Å². The number of urea groups is 1. The molecule has 1 saturated heterocycles. The van der Waals surface area contributed by atoms with Crippen molar-refractivity contribution in [3.05, 3.63) is 60.1 Å². The lowest BCUT2D eigenvalue weighted by molar-refractivity contribution is 0.0922. The normalized spacial score (nSPS) is 18.8. The molecular formula is C25H28N4O4. The lowest BCUT2D eigenvalue weighted by Crippen LogP contribution is -2.45. The van der Waals surface area contributed by atoms with Crippen LogP contribution in [0.25, 0.3) is 11.0 Å². The number of pyridine rings is 1. The van der Waals surface area contributed by atoms with Crippen LogP contribution in [0.2, 0.25) is 0 Å². The summed E-state index contributed by atoms with van der Waals surface area (Å²) in [6.07, 6.45) is 6.33. The lowest BCUT2D eigenvalue weighted by Gasteiger charge is -2.33. The molecule has 1 aliphatic carbocycles. The fraction of sp³-hybridized carbons (Fsp3) is 0.400. The van der Waals surface area contributed by atoms with Crippen molar-refractivity contribution in [1.82, 2.24) is 20.5 Å². The summed E-state index contributed by atoms with van der Waals surface area (Å²) in [6.45, 7) is 2.62. The first-order valence-corrected chi connectivity index (χ1v) is 11.3. The molecule has 5 rings (SSSR count). The van der Waals surface area contributed by atoms with Crippen LogP contribution < -0.4 is 15.4 Å². The number of carbonyl (C=O) groups excluding carboxylic acids is 2. The van der Waals surface area contributed by atoms with Crippen molar-refractivity contribution in [3.63, 3.8) is 0 Å². The van der Waals surface area contributed by atoms with Gasteiger partial charge in [0.25, 0.3) is 5.91 Å². The van der Waals surface area contributed by atoms with Gasteiger partial charge in [-0.1, -0.05) is 12.1 Å². The van der Waals surface area contributed by atoms with E-state index < -0.39 is 0 Å². The fourth-order valence-electron chi connectivity index (χ4n) is 4.82. The second-order valence-electron chi connectivity index (χ2n) is 8.99. The van der Waals surface area contributed by atoms with E-state index in [1.54, 1.807) is 25.6 Å². The Labute approximate surface area is 192 Å². The number of aromatic nitrogens is 1. The van der Waals surface area contributed by atoms with Crippen LogP contribution in [0.4, 0.5) is 4.79 Å². The number of benzene rings is 1. The van der Waals surface area contributed by atoms with E-state index in [2.05, 4.69) is 15.6 Å². The number of ether oxygens (including phenoxy) is 1. The number of carbonyl (C=O) groups is 2. The number of methoxy groups -OCH3 is 1. The van der Waals surface area contributed by atoms with Crippen LogP contribution in [-0.2, 0) is 6.54 Å². The summed E-state index contributed by atoms with van der Waals surface area (Å²) in [5.41, 5.74) is 1.90. The number of nitrogens with zero attached hydrogens (tertiary/aromatic N) is 2. The van der Waals surface area contributed by atoms with Gasteiger partial charge < -0.3 is 24.7 Å². The van der Waals surface area contributed by atoms with Gasteiger partial charge in [0.2, 0.25) is 0 Å². The number of likely N-dealkylation sites (tertiary alicyclic amines) is 1. The molecule has 1 atom stereocenters. The third-order valence-corrected chi connectivity index (χ3v) is 7.06. The third-order valence-electron chi connectivity index (χ3n) is 7.06. The van der Waals surface area contributed by atoms with Gasteiger partial charge in [0.05, 0.1) is 13.3 Å². The van der Waals surface area contributed by atoms with Gasteiger partial charge in [0.1, 0.15) is 5.75 Å². The summed E-state index contributed by atoms with van der Waals surface area (Å²) < 4.78 is 10.8. The zero-order valence-electron chi connectivity index (χ0n) is 18.7. The number of piperidine rings is 1. The van der Waals surface area contributed by atoms with Crippen LogP contribution in [0.3, 0.4) is 0 Å². The maximum Gasteiger partial charge on any atom is 0.317 e. The van der Waals surface area contributed by atoms with Crippen LogP contribution in [-0.4, -0.2) is 48.6 Å². The summed E-state index contributed by atoms with van der Waals surface area (Å²) in [5.74, 6) is 1.38. The van der Waals surface area contributed by atoms with Gasteiger partial charge >= 0.3 is 6.03 Å². The highest BCUT2D eigenvalue weighted by Crippen LogP contribution is 2.59. The van der Waals surface area contributed by atoms with Gasteiger partial charge in [0.15, 0.2) is 11.3 Å². The van der Waals surface area contributed by atoms with Crippen LogP contribution in [0.5, 0.6) is 5.75 Å².